The van der Waals surface area contributed by atoms with Crippen molar-refractivity contribution in [3.05, 3.63) is 70.4 Å². The SMILES string of the molecule is CCC(C)Oc1ccc(Nc2ncc(C(F)(F)F)c(Nc3cccc([N+](=O)[O-])c3)n2)cc1. The summed E-state index contributed by atoms with van der Waals surface area (Å²) in [5, 5.41) is 16.3. The van der Waals surface area contributed by atoms with Crippen molar-refractivity contribution in [2.24, 2.45) is 0 Å². The molecular weight excluding hydrogens is 427 g/mol. The summed E-state index contributed by atoms with van der Waals surface area (Å²) in [6.07, 6.45) is -3.18. The Balaban J connectivity index is 1.86. The van der Waals surface area contributed by atoms with Crippen molar-refractivity contribution in [3.8, 4) is 5.75 Å². The third-order valence-corrected chi connectivity index (χ3v) is 4.44. The predicted octanol–water partition coefficient (Wildman–Crippen LogP) is 6.07. The van der Waals surface area contributed by atoms with Crippen molar-refractivity contribution in [3.63, 3.8) is 0 Å². The number of nitrogens with one attached hydrogen (secondary N) is 2. The van der Waals surface area contributed by atoms with Crippen molar-refractivity contribution in [1.29, 1.82) is 0 Å². The summed E-state index contributed by atoms with van der Waals surface area (Å²) in [5.74, 6) is 0.0417. The Hall–Kier alpha value is -3.89. The Labute approximate surface area is 181 Å². The smallest absolute Gasteiger partial charge is 0.421 e. The van der Waals surface area contributed by atoms with Crippen molar-refractivity contribution in [2.45, 2.75) is 32.5 Å². The van der Waals surface area contributed by atoms with E-state index in [0.29, 0.717) is 17.6 Å². The van der Waals surface area contributed by atoms with Gasteiger partial charge >= 0.3 is 6.18 Å². The molecule has 0 saturated heterocycles. The van der Waals surface area contributed by atoms with Gasteiger partial charge in [0.1, 0.15) is 17.1 Å². The van der Waals surface area contributed by atoms with E-state index < -0.39 is 22.5 Å². The molecule has 0 aliphatic carbocycles. The third kappa shape index (κ3) is 5.84. The average molecular weight is 447 g/mol. The minimum absolute atomic E-state index is 0.0505. The van der Waals surface area contributed by atoms with Gasteiger partial charge in [-0.05, 0) is 43.7 Å². The Kier molecular flexibility index (Phi) is 6.76. The van der Waals surface area contributed by atoms with Gasteiger partial charge in [0.15, 0.2) is 0 Å². The van der Waals surface area contributed by atoms with Crippen LogP contribution in [-0.4, -0.2) is 21.0 Å². The molecule has 0 fully saturated rings. The van der Waals surface area contributed by atoms with E-state index in [1.54, 1.807) is 24.3 Å². The molecule has 11 heteroatoms. The largest absolute Gasteiger partial charge is 0.491 e. The molecule has 0 radical (unpaired) electrons. The molecule has 0 aliphatic rings. The first-order valence-corrected chi connectivity index (χ1v) is 9.65. The first-order valence-electron chi connectivity index (χ1n) is 9.65. The molecule has 1 unspecified atom stereocenters. The van der Waals surface area contributed by atoms with E-state index in [2.05, 4.69) is 20.6 Å². The van der Waals surface area contributed by atoms with Crippen LogP contribution in [0.3, 0.4) is 0 Å². The van der Waals surface area contributed by atoms with Crippen LogP contribution in [0, 0.1) is 10.1 Å². The van der Waals surface area contributed by atoms with Crippen molar-refractivity contribution in [1.82, 2.24) is 9.97 Å². The number of alkyl halides is 3. The lowest BCUT2D eigenvalue weighted by atomic mass is 10.2. The van der Waals surface area contributed by atoms with E-state index in [1.165, 1.54) is 18.2 Å². The minimum Gasteiger partial charge on any atom is -0.491 e. The van der Waals surface area contributed by atoms with Crippen LogP contribution in [0.2, 0.25) is 0 Å². The van der Waals surface area contributed by atoms with Crippen LogP contribution < -0.4 is 15.4 Å². The van der Waals surface area contributed by atoms with Crippen molar-refractivity contribution < 1.29 is 22.8 Å². The Morgan fingerprint density at radius 2 is 1.84 bits per heavy atom. The summed E-state index contributed by atoms with van der Waals surface area (Å²) in [6, 6.07) is 11.9. The minimum atomic E-state index is -4.73. The zero-order valence-corrected chi connectivity index (χ0v) is 17.2. The van der Waals surface area contributed by atoms with Crippen LogP contribution in [0.1, 0.15) is 25.8 Å². The fourth-order valence-electron chi connectivity index (χ4n) is 2.64. The maximum Gasteiger partial charge on any atom is 0.421 e. The van der Waals surface area contributed by atoms with E-state index in [1.807, 2.05) is 13.8 Å². The molecule has 3 aromatic rings. The Morgan fingerprint density at radius 3 is 2.47 bits per heavy atom. The van der Waals surface area contributed by atoms with Gasteiger partial charge in [-0.3, -0.25) is 10.1 Å². The molecule has 0 bridgehead atoms. The summed E-state index contributed by atoms with van der Waals surface area (Å²) >= 11 is 0. The lowest BCUT2D eigenvalue weighted by Crippen LogP contribution is -2.12. The van der Waals surface area contributed by atoms with Gasteiger partial charge in [0.05, 0.1) is 11.0 Å². The molecule has 0 spiro atoms. The van der Waals surface area contributed by atoms with Crippen LogP contribution >= 0.6 is 0 Å². The van der Waals surface area contributed by atoms with E-state index >= 15 is 0 Å². The number of halogens is 3. The lowest BCUT2D eigenvalue weighted by molar-refractivity contribution is -0.384. The number of rotatable bonds is 8. The Morgan fingerprint density at radius 1 is 1.12 bits per heavy atom. The predicted molar refractivity (Wildman–Crippen MR) is 114 cm³/mol. The van der Waals surface area contributed by atoms with Gasteiger partial charge in [-0.15, -0.1) is 0 Å². The summed E-state index contributed by atoms with van der Waals surface area (Å²) < 4.78 is 46.0. The van der Waals surface area contributed by atoms with E-state index in [9.17, 15) is 23.3 Å². The number of hydrogen-bond acceptors (Lipinski definition) is 7. The highest BCUT2D eigenvalue weighted by atomic mass is 19.4. The van der Waals surface area contributed by atoms with Gasteiger partial charge in [-0.1, -0.05) is 13.0 Å². The molecule has 168 valence electrons. The average Bonchev–Trinajstić information content (AvgIpc) is 2.74. The summed E-state index contributed by atoms with van der Waals surface area (Å²) in [7, 11) is 0. The number of nitrogens with zero attached hydrogens (tertiary/aromatic N) is 3. The van der Waals surface area contributed by atoms with Crippen LogP contribution in [-0.2, 0) is 6.18 Å². The number of aromatic nitrogens is 2. The molecular formula is C21H20F3N5O3. The zero-order valence-electron chi connectivity index (χ0n) is 17.2. The fourth-order valence-corrected chi connectivity index (χ4v) is 2.64. The normalized spacial score (nSPS) is 12.2. The van der Waals surface area contributed by atoms with Gasteiger partial charge in [0.2, 0.25) is 5.95 Å². The number of nitro groups is 1. The van der Waals surface area contributed by atoms with Gasteiger partial charge in [-0.2, -0.15) is 18.2 Å². The maximum absolute atomic E-state index is 13.4. The summed E-state index contributed by atoms with van der Waals surface area (Å²) in [6.45, 7) is 3.94. The van der Waals surface area contributed by atoms with Gasteiger partial charge in [0.25, 0.3) is 5.69 Å². The van der Waals surface area contributed by atoms with Crippen molar-refractivity contribution in [2.75, 3.05) is 10.6 Å². The number of non-ortho nitro benzene ring substituents is 1. The number of nitro benzene ring substituents is 1. The monoisotopic (exact) mass is 447 g/mol. The van der Waals surface area contributed by atoms with E-state index in [4.69, 9.17) is 4.74 Å². The third-order valence-electron chi connectivity index (χ3n) is 4.44. The standard InChI is InChI=1S/C21H20F3N5O3/c1-3-13(2)32-17-9-7-14(8-10-17)27-20-25-12-18(21(22,23)24)19(28-20)26-15-5-4-6-16(11-15)29(30)31/h4-13H,3H2,1-2H3,(H2,25,26,27,28). The van der Waals surface area contributed by atoms with Crippen molar-refractivity contribution >= 4 is 28.8 Å². The fraction of sp³-hybridized carbons (Fsp3) is 0.238. The number of hydrogen-bond donors (Lipinski definition) is 2. The topological polar surface area (TPSA) is 102 Å². The van der Waals surface area contributed by atoms with E-state index in [0.717, 1.165) is 12.5 Å². The molecule has 0 aliphatic heterocycles. The summed E-state index contributed by atoms with van der Waals surface area (Å²) in [4.78, 5) is 18.0. The zero-order chi connectivity index (χ0) is 23.3. The van der Waals surface area contributed by atoms with Gasteiger partial charge in [-0.25, -0.2) is 4.98 Å². The highest BCUT2D eigenvalue weighted by Gasteiger charge is 2.35. The number of ether oxygens (including phenoxy) is 1. The van der Waals surface area contributed by atoms with Gasteiger partial charge < -0.3 is 15.4 Å². The molecule has 1 heterocycles. The molecule has 1 atom stereocenters. The maximum atomic E-state index is 13.4. The molecule has 0 amide bonds. The lowest BCUT2D eigenvalue weighted by Gasteiger charge is -2.15. The number of benzene rings is 2. The quantitative estimate of drug-likeness (QED) is 0.319. The van der Waals surface area contributed by atoms with Crippen LogP contribution in [0.5, 0.6) is 5.75 Å². The molecule has 2 N–H and O–H groups in total. The molecule has 32 heavy (non-hydrogen) atoms. The van der Waals surface area contributed by atoms with Crippen LogP contribution in [0.15, 0.2) is 54.7 Å². The molecule has 2 aromatic carbocycles. The van der Waals surface area contributed by atoms with Crippen LogP contribution in [0.25, 0.3) is 0 Å². The Bertz CT molecular complexity index is 1090. The second-order valence-corrected chi connectivity index (χ2v) is 6.87. The van der Waals surface area contributed by atoms with Crippen LogP contribution in [0.4, 0.5) is 42.0 Å². The molecule has 0 saturated carbocycles. The second kappa shape index (κ2) is 9.50. The highest BCUT2D eigenvalue weighted by molar-refractivity contribution is 5.64. The molecule has 8 nitrogen and oxygen atoms in total. The second-order valence-electron chi connectivity index (χ2n) is 6.87. The molecule has 1 aromatic heterocycles. The highest BCUT2D eigenvalue weighted by Crippen LogP contribution is 2.35. The number of anilines is 4. The first-order chi connectivity index (χ1) is 15.2. The first kappa shape index (κ1) is 22.8. The molecule has 3 rings (SSSR count). The van der Waals surface area contributed by atoms with Gasteiger partial charge in [0, 0.05) is 29.7 Å². The summed E-state index contributed by atoms with van der Waals surface area (Å²) in [5.41, 5.74) is -0.744. The van der Waals surface area contributed by atoms with E-state index in [-0.39, 0.29) is 23.4 Å².